The molecule has 214 valence electrons. The highest BCUT2D eigenvalue weighted by molar-refractivity contribution is 5.92. The van der Waals surface area contributed by atoms with E-state index < -0.39 is 29.3 Å². The van der Waals surface area contributed by atoms with Crippen molar-refractivity contribution in [2.24, 2.45) is 5.92 Å². The molecule has 2 rings (SSSR count). The van der Waals surface area contributed by atoms with Gasteiger partial charge in [-0.1, -0.05) is 75.4 Å². The predicted molar refractivity (Wildman–Crippen MR) is 156 cm³/mol. The number of aryl methyl sites for hydroxylation is 1. The van der Waals surface area contributed by atoms with E-state index >= 15 is 0 Å². The second kappa shape index (κ2) is 13.6. The van der Waals surface area contributed by atoms with Gasteiger partial charge in [0.15, 0.2) is 0 Å². The first-order valence-electron chi connectivity index (χ1n) is 13.9. The molecule has 7 nitrogen and oxygen atoms in total. The van der Waals surface area contributed by atoms with Gasteiger partial charge in [-0.25, -0.2) is 4.79 Å². The maximum Gasteiger partial charge on any atom is 0.408 e. The molecule has 0 radical (unpaired) electrons. The first-order chi connectivity index (χ1) is 18.1. The van der Waals surface area contributed by atoms with Crippen molar-refractivity contribution < 1.29 is 19.1 Å². The van der Waals surface area contributed by atoms with E-state index in [1.807, 2.05) is 89.2 Å². The highest BCUT2D eigenvalue weighted by atomic mass is 16.6. The van der Waals surface area contributed by atoms with Crippen molar-refractivity contribution in [3.05, 3.63) is 71.3 Å². The standard InChI is InChI=1S/C32H47N3O4/c1-10-23-16-18-25(19-17-23)27(28(36)33-21-24-14-12-11-13-15-24)35(31(4,5)6)29(37)26(20-22(2)3)34-30(38)39-32(7,8)9/h11-19,22,26-27H,10,20-21H2,1-9H3,(H,33,36)(H,34,38). The fourth-order valence-electron chi connectivity index (χ4n) is 4.39. The van der Waals surface area contributed by atoms with Gasteiger partial charge in [-0.05, 0) is 77.0 Å². The molecule has 0 fully saturated rings. The van der Waals surface area contributed by atoms with Gasteiger partial charge in [0.25, 0.3) is 0 Å². The Labute approximate surface area is 234 Å². The Hall–Kier alpha value is -3.35. The fourth-order valence-corrected chi connectivity index (χ4v) is 4.39. The number of hydrogen-bond acceptors (Lipinski definition) is 4. The molecule has 2 aromatic rings. The Morgan fingerprint density at radius 1 is 0.872 bits per heavy atom. The first kappa shape index (κ1) is 31.9. The summed E-state index contributed by atoms with van der Waals surface area (Å²) < 4.78 is 5.47. The highest BCUT2D eigenvalue weighted by Crippen LogP contribution is 2.31. The summed E-state index contributed by atoms with van der Waals surface area (Å²) in [6, 6.07) is 15.7. The molecule has 2 atom stereocenters. The minimum atomic E-state index is -0.901. The zero-order valence-corrected chi connectivity index (χ0v) is 25.1. The minimum absolute atomic E-state index is 0.116. The van der Waals surface area contributed by atoms with Crippen molar-refractivity contribution in [2.45, 2.75) is 105 Å². The van der Waals surface area contributed by atoms with Crippen LogP contribution in [0.2, 0.25) is 0 Å². The van der Waals surface area contributed by atoms with Crippen LogP contribution in [0, 0.1) is 5.92 Å². The molecule has 0 aromatic heterocycles. The lowest BCUT2D eigenvalue weighted by Gasteiger charge is -2.43. The number of nitrogens with one attached hydrogen (secondary N) is 2. The molecule has 0 saturated carbocycles. The summed E-state index contributed by atoms with van der Waals surface area (Å²) in [5, 5.41) is 5.83. The van der Waals surface area contributed by atoms with E-state index in [0.29, 0.717) is 18.5 Å². The van der Waals surface area contributed by atoms with Crippen molar-refractivity contribution in [3.8, 4) is 0 Å². The van der Waals surface area contributed by atoms with Gasteiger partial charge in [0.05, 0.1) is 0 Å². The fraction of sp³-hybridized carbons (Fsp3) is 0.531. The SMILES string of the molecule is CCc1ccc(C(C(=O)NCc2ccccc2)N(C(=O)C(CC(C)C)NC(=O)OC(C)(C)C)C(C)(C)C)cc1. The van der Waals surface area contributed by atoms with Crippen molar-refractivity contribution >= 4 is 17.9 Å². The minimum Gasteiger partial charge on any atom is -0.444 e. The van der Waals surface area contributed by atoms with Gasteiger partial charge < -0.3 is 20.3 Å². The summed E-state index contributed by atoms with van der Waals surface area (Å²) in [5.74, 6) is -0.502. The van der Waals surface area contributed by atoms with Crippen LogP contribution in [-0.4, -0.2) is 40.0 Å². The van der Waals surface area contributed by atoms with Crippen LogP contribution in [0.5, 0.6) is 0 Å². The molecular weight excluding hydrogens is 490 g/mol. The normalized spacial score (nSPS) is 13.4. The van der Waals surface area contributed by atoms with Crippen molar-refractivity contribution in [2.75, 3.05) is 0 Å². The number of rotatable bonds is 10. The van der Waals surface area contributed by atoms with Crippen molar-refractivity contribution in [1.82, 2.24) is 15.5 Å². The van der Waals surface area contributed by atoms with Crippen LogP contribution >= 0.6 is 0 Å². The number of benzene rings is 2. The Kier molecular flexibility index (Phi) is 11.1. The molecule has 2 unspecified atom stereocenters. The van der Waals surface area contributed by atoms with Crippen LogP contribution in [0.15, 0.2) is 54.6 Å². The average Bonchev–Trinajstić information content (AvgIpc) is 2.83. The van der Waals surface area contributed by atoms with E-state index in [0.717, 1.165) is 17.5 Å². The molecule has 0 aliphatic carbocycles. The molecule has 39 heavy (non-hydrogen) atoms. The van der Waals surface area contributed by atoms with Crippen molar-refractivity contribution in [1.29, 1.82) is 0 Å². The molecule has 0 spiro atoms. The van der Waals surface area contributed by atoms with E-state index in [9.17, 15) is 14.4 Å². The van der Waals surface area contributed by atoms with Gasteiger partial charge in [-0.2, -0.15) is 0 Å². The zero-order valence-electron chi connectivity index (χ0n) is 25.1. The first-order valence-corrected chi connectivity index (χ1v) is 13.9. The van der Waals surface area contributed by atoms with Gasteiger partial charge in [-0.3, -0.25) is 9.59 Å². The molecule has 0 aliphatic rings. The summed E-state index contributed by atoms with van der Waals surface area (Å²) in [6.45, 7) is 17.4. The highest BCUT2D eigenvalue weighted by Gasteiger charge is 2.42. The number of ether oxygens (including phenoxy) is 1. The second-order valence-electron chi connectivity index (χ2n) is 12.4. The average molecular weight is 538 g/mol. The van der Waals surface area contributed by atoms with Crippen LogP contribution in [0.3, 0.4) is 0 Å². The van der Waals surface area contributed by atoms with Crippen LogP contribution < -0.4 is 10.6 Å². The van der Waals surface area contributed by atoms with E-state index in [-0.39, 0.29) is 17.7 Å². The summed E-state index contributed by atoms with van der Waals surface area (Å²) in [4.78, 5) is 42.6. The zero-order chi connectivity index (χ0) is 29.4. The third-order valence-electron chi connectivity index (χ3n) is 6.18. The maximum atomic E-state index is 14.3. The number of nitrogens with zero attached hydrogens (tertiary/aromatic N) is 1. The summed E-state index contributed by atoms with van der Waals surface area (Å²) in [6.07, 6.45) is 0.605. The quantitative estimate of drug-likeness (QED) is 0.379. The van der Waals surface area contributed by atoms with E-state index in [1.165, 1.54) is 0 Å². The molecule has 0 aliphatic heterocycles. The summed E-state index contributed by atoms with van der Waals surface area (Å²) in [7, 11) is 0. The lowest BCUT2D eigenvalue weighted by atomic mass is 9.93. The van der Waals surface area contributed by atoms with Crippen LogP contribution in [0.1, 0.15) is 91.5 Å². The van der Waals surface area contributed by atoms with Crippen LogP contribution in [0.25, 0.3) is 0 Å². The third-order valence-corrected chi connectivity index (χ3v) is 6.18. The number of carbonyl (C=O) groups is 3. The molecule has 3 amide bonds. The van der Waals surface area contributed by atoms with Crippen molar-refractivity contribution in [3.63, 3.8) is 0 Å². The van der Waals surface area contributed by atoms with Gasteiger partial charge in [0, 0.05) is 12.1 Å². The molecule has 7 heteroatoms. The van der Waals surface area contributed by atoms with E-state index in [4.69, 9.17) is 4.74 Å². The second-order valence-corrected chi connectivity index (χ2v) is 12.4. The lowest BCUT2D eigenvalue weighted by molar-refractivity contribution is -0.148. The number of carbonyl (C=O) groups excluding carboxylic acids is 3. The van der Waals surface area contributed by atoms with Gasteiger partial charge in [0.2, 0.25) is 11.8 Å². The monoisotopic (exact) mass is 537 g/mol. The molecule has 0 saturated heterocycles. The molecule has 0 heterocycles. The molecular formula is C32H47N3O4. The summed E-state index contributed by atoms with van der Waals surface area (Å²) in [5.41, 5.74) is 1.37. The topological polar surface area (TPSA) is 87.7 Å². The Morgan fingerprint density at radius 2 is 1.46 bits per heavy atom. The van der Waals surface area contributed by atoms with E-state index in [2.05, 4.69) is 17.6 Å². The Bertz CT molecular complexity index is 1080. The molecule has 2 aromatic carbocycles. The predicted octanol–water partition coefficient (Wildman–Crippen LogP) is 6.17. The largest absolute Gasteiger partial charge is 0.444 e. The lowest BCUT2D eigenvalue weighted by Crippen LogP contribution is -2.58. The van der Waals surface area contributed by atoms with Gasteiger partial charge in [0.1, 0.15) is 17.7 Å². The number of amides is 3. The maximum absolute atomic E-state index is 14.3. The number of hydrogen-bond donors (Lipinski definition) is 2. The third kappa shape index (κ3) is 10.0. The summed E-state index contributed by atoms with van der Waals surface area (Å²) >= 11 is 0. The van der Waals surface area contributed by atoms with E-state index in [1.54, 1.807) is 25.7 Å². The van der Waals surface area contributed by atoms with Crippen LogP contribution in [-0.2, 0) is 27.3 Å². The smallest absolute Gasteiger partial charge is 0.408 e. The van der Waals surface area contributed by atoms with Crippen LogP contribution in [0.4, 0.5) is 4.79 Å². The Balaban J connectivity index is 2.52. The Morgan fingerprint density at radius 3 is 1.95 bits per heavy atom. The van der Waals surface area contributed by atoms with Gasteiger partial charge in [-0.15, -0.1) is 0 Å². The van der Waals surface area contributed by atoms with Gasteiger partial charge >= 0.3 is 6.09 Å². The molecule has 2 N–H and O–H groups in total. The number of alkyl carbamates (subject to hydrolysis) is 1. The molecule has 0 bridgehead atoms.